The van der Waals surface area contributed by atoms with Crippen molar-refractivity contribution < 1.29 is 9.90 Å². The first-order chi connectivity index (χ1) is 9.39. The Morgan fingerprint density at radius 2 is 2.00 bits per heavy atom. The van der Waals surface area contributed by atoms with Crippen molar-refractivity contribution in [3.05, 3.63) is 35.9 Å². The Kier molecular flexibility index (Phi) is 7.05. The molecule has 0 aromatic heterocycles. The number of likely N-dealkylation sites (N-methyl/N-ethyl adjacent to an activating group) is 1. The molecule has 1 aromatic carbocycles. The average molecular weight is 296 g/mol. The standard InChI is InChI=1S/C15H24N2O2S/c1-15(19,12-17(2)3)11-16-14(18)10-20-9-13-7-5-4-6-8-13/h4-8,19H,9-12H2,1-3H3,(H,16,18). The smallest absolute Gasteiger partial charge is 0.230 e. The summed E-state index contributed by atoms with van der Waals surface area (Å²) in [5.74, 6) is 1.19. The lowest BCUT2D eigenvalue weighted by Gasteiger charge is -2.27. The maximum Gasteiger partial charge on any atom is 0.230 e. The van der Waals surface area contributed by atoms with Crippen LogP contribution in [0.3, 0.4) is 0 Å². The monoisotopic (exact) mass is 296 g/mol. The number of rotatable bonds is 8. The molecule has 1 atom stereocenters. The summed E-state index contributed by atoms with van der Waals surface area (Å²) < 4.78 is 0. The van der Waals surface area contributed by atoms with E-state index in [2.05, 4.69) is 5.32 Å². The van der Waals surface area contributed by atoms with E-state index in [-0.39, 0.29) is 12.5 Å². The lowest BCUT2D eigenvalue weighted by molar-refractivity contribution is -0.119. The van der Waals surface area contributed by atoms with Gasteiger partial charge in [0.1, 0.15) is 0 Å². The Balaban J connectivity index is 2.20. The fourth-order valence-corrected chi connectivity index (χ4v) is 2.73. The summed E-state index contributed by atoms with van der Waals surface area (Å²) in [7, 11) is 3.79. The first-order valence-corrected chi connectivity index (χ1v) is 7.80. The minimum Gasteiger partial charge on any atom is -0.387 e. The van der Waals surface area contributed by atoms with Gasteiger partial charge in [0.05, 0.1) is 11.4 Å². The predicted molar refractivity (Wildman–Crippen MR) is 84.8 cm³/mol. The van der Waals surface area contributed by atoms with Gasteiger partial charge >= 0.3 is 0 Å². The van der Waals surface area contributed by atoms with Gasteiger partial charge in [0, 0.05) is 18.8 Å². The molecule has 1 aromatic rings. The van der Waals surface area contributed by atoms with E-state index >= 15 is 0 Å². The van der Waals surface area contributed by atoms with Crippen molar-refractivity contribution in [2.24, 2.45) is 0 Å². The van der Waals surface area contributed by atoms with Crippen LogP contribution in [0.15, 0.2) is 30.3 Å². The van der Waals surface area contributed by atoms with E-state index in [0.717, 1.165) is 5.75 Å². The molecule has 0 spiro atoms. The van der Waals surface area contributed by atoms with E-state index in [4.69, 9.17) is 0 Å². The number of hydrogen-bond donors (Lipinski definition) is 2. The lowest BCUT2D eigenvalue weighted by Crippen LogP contribution is -2.47. The molecule has 0 aliphatic heterocycles. The van der Waals surface area contributed by atoms with Gasteiger partial charge in [-0.3, -0.25) is 4.79 Å². The first-order valence-electron chi connectivity index (χ1n) is 6.64. The second-order valence-electron chi connectivity index (χ2n) is 5.49. The number of benzene rings is 1. The Labute approximate surface area is 125 Å². The van der Waals surface area contributed by atoms with Crippen LogP contribution in [0, 0.1) is 0 Å². The predicted octanol–water partition coefficient (Wildman–Crippen LogP) is 1.35. The van der Waals surface area contributed by atoms with Gasteiger partial charge in [-0.1, -0.05) is 30.3 Å². The maximum atomic E-state index is 11.7. The van der Waals surface area contributed by atoms with Gasteiger partial charge in [-0.05, 0) is 26.6 Å². The molecule has 1 rings (SSSR count). The molecule has 112 valence electrons. The van der Waals surface area contributed by atoms with Crippen LogP contribution in [0.1, 0.15) is 12.5 Å². The van der Waals surface area contributed by atoms with Gasteiger partial charge in [-0.25, -0.2) is 0 Å². The van der Waals surface area contributed by atoms with Gasteiger partial charge in [0.2, 0.25) is 5.91 Å². The SMILES string of the molecule is CN(C)CC(C)(O)CNC(=O)CSCc1ccccc1. The zero-order valence-electron chi connectivity index (χ0n) is 12.4. The third-order valence-corrected chi connectivity index (χ3v) is 3.67. The van der Waals surface area contributed by atoms with Gasteiger partial charge in [-0.15, -0.1) is 11.8 Å². The number of aliphatic hydroxyl groups is 1. The zero-order valence-corrected chi connectivity index (χ0v) is 13.2. The normalized spacial score (nSPS) is 14.1. The summed E-state index contributed by atoms with van der Waals surface area (Å²) in [6, 6.07) is 10.1. The third-order valence-electron chi connectivity index (χ3n) is 2.67. The molecule has 0 aliphatic carbocycles. The van der Waals surface area contributed by atoms with Crippen molar-refractivity contribution in [3.63, 3.8) is 0 Å². The van der Waals surface area contributed by atoms with E-state index in [1.165, 1.54) is 5.56 Å². The summed E-state index contributed by atoms with van der Waals surface area (Å²) in [6.45, 7) is 2.52. The molecule has 4 nitrogen and oxygen atoms in total. The number of carbonyl (C=O) groups is 1. The molecule has 0 saturated heterocycles. The lowest BCUT2D eigenvalue weighted by atomic mass is 10.1. The Morgan fingerprint density at radius 1 is 1.35 bits per heavy atom. The van der Waals surface area contributed by atoms with Crippen molar-refractivity contribution in [2.45, 2.75) is 18.3 Å². The van der Waals surface area contributed by atoms with Crippen LogP contribution >= 0.6 is 11.8 Å². The molecular weight excluding hydrogens is 272 g/mol. The van der Waals surface area contributed by atoms with Crippen LogP contribution in [0.25, 0.3) is 0 Å². The van der Waals surface area contributed by atoms with Gasteiger partial charge in [0.25, 0.3) is 0 Å². The third kappa shape index (κ3) is 7.53. The van der Waals surface area contributed by atoms with Crippen molar-refractivity contribution in [2.75, 3.05) is 32.9 Å². The summed E-state index contributed by atoms with van der Waals surface area (Å²) in [6.07, 6.45) is 0. The van der Waals surface area contributed by atoms with E-state index < -0.39 is 5.60 Å². The van der Waals surface area contributed by atoms with Crippen molar-refractivity contribution in [1.82, 2.24) is 10.2 Å². The summed E-state index contributed by atoms with van der Waals surface area (Å²) in [5, 5.41) is 12.9. The largest absolute Gasteiger partial charge is 0.387 e. The number of nitrogens with zero attached hydrogens (tertiary/aromatic N) is 1. The number of nitrogens with one attached hydrogen (secondary N) is 1. The highest BCUT2D eigenvalue weighted by Gasteiger charge is 2.21. The second kappa shape index (κ2) is 8.29. The highest BCUT2D eigenvalue weighted by atomic mass is 32.2. The van der Waals surface area contributed by atoms with Crippen LogP contribution < -0.4 is 5.32 Å². The van der Waals surface area contributed by atoms with Crippen LogP contribution in [-0.2, 0) is 10.5 Å². The van der Waals surface area contributed by atoms with Crippen LogP contribution in [0.5, 0.6) is 0 Å². The molecule has 0 fully saturated rings. The summed E-state index contributed by atoms with van der Waals surface area (Å²) >= 11 is 1.57. The number of hydrogen-bond acceptors (Lipinski definition) is 4. The number of amides is 1. The van der Waals surface area contributed by atoms with E-state index in [1.807, 2.05) is 49.3 Å². The minimum atomic E-state index is -0.900. The molecule has 5 heteroatoms. The van der Waals surface area contributed by atoms with Gasteiger partial charge in [0.15, 0.2) is 0 Å². The van der Waals surface area contributed by atoms with Crippen molar-refractivity contribution >= 4 is 17.7 Å². The number of thioether (sulfide) groups is 1. The molecule has 0 radical (unpaired) electrons. The van der Waals surface area contributed by atoms with Crippen molar-refractivity contribution in [3.8, 4) is 0 Å². The van der Waals surface area contributed by atoms with Crippen LogP contribution in [-0.4, -0.2) is 54.5 Å². The maximum absolute atomic E-state index is 11.7. The summed E-state index contributed by atoms with van der Waals surface area (Å²) in [4.78, 5) is 13.6. The molecule has 0 heterocycles. The molecule has 2 N–H and O–H groups in total. The van der Waals surface area contributed by atoms with Crippen molar-refractivity contribution in [1.29, 1.82) is 0 Å². The first kappa shape index (κ1) is 17.0. The van der Waals surface area contributed by atoms with Gasteiger partial charge < -0.3 is 15.3 Å². The quantitative estimate of drug-likeness (QED) is 0.760. The topological polar surface area (TPSA) is 52.6 Å². The van der Waals surface area contributed by atoms with Gasteiger partial charge in [-0.2, -0.15) is 0 Å². The molecule has 1 amide bonds. The van der Waals surface area contributed by atoms with E-state index in [0.29, 0.717) is 12.3 Å². The molecule has 1 unspecified atom stereocenters. The zero-order chi connectivity index (χ0) is 15.0. The minimum absolute atomic E-state index is 0.0371. The Morgan fingerprint density at radius 3 is 2.60 bits per heavy atom. The average Bonchev–Trinajstić information content (AvgIpc) is 2.36. The van der Waals surface area contributed by atoms with E-state index in [9.17, 15) is 9.90 Å². The summed E-state index contributed by atoms with van der Waals surface area (Å²) in [5.41, 5.74) is 0.313. The van der Waals surface area contributed by atoms with E-state index in [1.54, 1.807) is 18.7 Å². The molecule has 20 heavy (non-hydrogen) atoms. The number of carbonyl (C=O) groups excluding carboxylic acids is 1. The molecule has 0 saturated carbocycles. The Bertz CT molecular complexity index is 408. The highest BCUT2D eigenvalue weighted by Crippen LogP contribution is 2.11. The highest BCUT2D eigenvalue weighted by molar-refractivity contribution is 7.99. The molecule has 0 bridgehead atoms. The fourth-order valence-electron chi connectivity index (χ4n) is 1.91. The molecular formula is C15H24N2O2S. The van der Waals surface area contributed by atoms with Crippen LogP contribution in [0.4, 0.5) is 0 Å². The van der Waals surface area contributed by atoms with Crippen LogP contribution in [0.2, 0.25) is 0 Å². The molecule has 0 aliphatic rings. The fraction of sp³-hybridized carbons (Fsp3) is 0.533. The second-order valence-corrected chi connectivity index (χ2v) is 6.48. The Hall–Kier alpha value is -1.04.